The predicted octanol–water partition coefficient (Wildman–Crippen LogP) is 2.70. The average molecular weight is 291 g/mol. The fourth-order valence-electron chi connectivity index (χ4n) is 1.94. The van der Waals surface area contributed by atoms with Gasteiger partial charge < -0.3 is 15.8 Å². The zero-order chi connectivity index (χ0) is 15.4. The van der Waals surface area contributed by atoms with Gasteiger partial charge >= 0.3 is 0 Å². The maximum Gasteiger partial charge on any atom is 0.170 e. The molecule has 21 heavy (non-hydrogen) atoms. The Labute approximate surface area is 121 Å². The Morgan fingerprint density at radius 1 is 1.19 bits per heavy atom. The highest BCUT2D eigenvalue weighted by atomic mass is 19.1. The van der Waals surface area contributed by atoms with Gasteiger partial charge in [0.1, 0.15) is 11.6 Å². The van der Waals surface area contributed by atoms with Crippen LogP contribution in [-0.2, 0) is 6.54 Å². The number of halogens is 2. The number of nitrogens with two attached hydrogens (primary N) is 1. The quantitative estimate of drug-likeness (QED) is 0.394. The van der Waals surface area contributed by atoms with Crippen molar-refractivity contribution in [1.82, 2.24) is 0 Å². The first-order valence-corrected chi connectivity index (χ1v) is 6.24. The van der Waals surface area contributed by atoms with Crippen LogP contribution >= 0.6 is 0 Å². The van der Waals surface area contributed by atoms with Crippen molar-refractivity contribution in [2.24, 2.45) is 10.9 Å². The van der Waals surface area contributed by atoms with Crippen LogP contribution in [0.4, 0.5) is 14.5 Å². The van der Waals surface area contributed by atoms with Crippen LogP contribution < -0.4 is 10.6 Å². The van der Waals surface area contributed by atoms with Crippen LogP contribution in [0.1, 0.15) is 11.1 Å². The zero-order valence-corrected chi connectivity index (χ0v) is 11.4. The lowest BCUT2D eigenvalue weighted by atomic mass is 10.1. The lowest BCUT2D eigenvalue weighted by Gasteiger charge is -2.20. The van der Waals surface area contributed by atoms with Crippen molar-refractivity contribution >= 4 is 11.5 Å². The molecule has 0 saturated carbocycles. The molecule has 4 nitrogen and oxygen atoms in total. The summed E-state index contributed by atoms with van der Waals surface area (Å²) in [4.78, 5) is 1.81. The summed E-state index contributed by atoms with van der Waals surface area (Å²) in [5.74, 6) is -1.15. The molecule has 6 heteroatoms. The Morgan fingerprint density at radius 2 is 1.86 bits per heavy atom. The maximum atomic E-state index is 13.6. The molecular formula is C15H15F2N3O. The van der Waals surface area contributed by atoms with E-state index in [0.717, 1.165) is 11.8 Å². The van der Waals surface area contributed by atoms with E-state index in [1.807, 2.05) is 4.90 Å². The van der Waals surface area contributed by atoms with Crippen LogP contribution in [0.2, 0.25) is 0 Å². The summed E-state index contributed by atoms with van der Waals surface area (Å²) >= 11 is 0. The number of anilines is 1. The highest BCUT2D eigenvalue weighted by Gasteiger charge is 2.08. The SMILES string of the molecule is CN(Cc1ccc(F)cc1F)c1ccc(C(N)=NO)cc1. The van der Waals surface area contributed by atoms with E-state index in [-0.39, 0.29) is 5.84 Å². The largest absolute Gasteiger partial charge is 0.409 e. The molecule has 0 amide bonds. The lowest BCUT2D eigenvalue weighted by molar-refractivity contribution is 0.318. The molecule has 0 radical (unpaired) electrons. The van der Waals surface area contributed by atoms with Crippen LogP contribution in [0, 0.1) is 11.6 Å². The molecule has 0 fully saturated rings. The molecule has 0 aliphatic heterocycles. The molecule has 0 heterocycles. The van der Waals surface area contributed by atoms with E-state index in [0.29, 0.717) is 17.7 Å². The van der Waals surface area contributed by atoms with E-state index >= 15 is 0 Å². The van der Waals surface area contributed by atoms with E-state index < -0.39 is 11.6 Å². The monoisotopic (exact) mass is 291 g/mol. The van der Waals surface area contributed by atoms with E-state index in [2.05, 4.69) is 5.16 Å². The Morgan fingerprint density at radius 3 is 2.43 bits per heavy atom. The first-order valence-electron chi connectivity index (χ1n) is 6.24. The number of oxime groups is 1. The second-order valence-corrected chi connectivity index (χ2v) is 4.62. The number of rotatable bonds is 4. The molecule has 0 saturated heterocycles. The molecule has 0 aliphatic rings. The molecule has 110 valence electrons. The summed E-state index contributed by atoms with van der Waals surface area (Å²) in [5.41, 5.74) is 7.29. The van der Waals surface area contributed by atoms with Crippen LogP contribution in [0.25, 0.3) is 0 Å². The molecule has 2 aromatic rings. The Kier molecular flexibility index (Phi) is 4.37. The molecule has 3 N–H and O–H groups in total. The standard InChI is InChI=1S/C15H15F2N3O/c1-20(9-11-2-5-12(16)8-14(11)17)13-6-3-10(4-7-13)15(18)19-21/h2-8,21H,9H2,1H3,(H2,18,19). The fraction of sp³-hybridized carbons (Fsp3) is 0.133. The van der Waals surface area contributed by atoms with Crippen molar-refractivity contribution in [2.45, 2.75) is 6.54 Å². The van der Waals surface area contributed by atoms with Gasteiger partial charge in [0.2, 0.25) is 0 Å². The molecular weight excluding hydrogens is 276 g/mol. The topological polar surface area (TPSA) is 61.8 Å². The molecule has 2 aromatic carbocycles. The minimum absolute atomic E-state index is 0.0220. The second kappa shape index (κ2) is 6.21. The Bertz CT molecular complexity index is 656. The van der Waals surface area contributed by atoms with Gasteiger partial charge in [-0.15, -0.1) is 0 Å². The van der Waals surface area contributed by atoms with Crippen LogP contribution in [0.15, 0.2) is 47.6 Å². The Balaban J connectivity index is 2.14. The van der Waals surface area contributed by atoms with Crippen LogP contribution in [0.3, 0.4) is 0 Å². The van der Waals surface area contributed by atoms with Gasteiger partial charge in [0, 0.05) is 36.5 Å². The minimum atomic E-state index is -0.595. The predicted molar refractivity (Wildman–Crippen MR) is 77.4 cm³/mol. The lowest BCUT2D eigenvalue weighted by Crippen LogP contribution is -2.18. The summed E-state index contributed by atoms with van der Waals surface area (Å²) in [5, 5.41) is 11.5. The van der Waals surface area contributed by atoms with Gasteiger partial charge in [-0.3, -0.25) is 0 Å². The van der Waals surface area contributed by atoms with E-state index in [1.54, 1.807) is 31.3 Å². The molecule has 0 aromatic heterocycles. The van der Waals surface area contributed by atoms with Crippen LogP contribution in [0.5, 0.6) is 0 Å². The highest BCUT2D eigenvalue weighted by molar-refractivity contribution is 5.97. The highest BCUT2D eigenvalue weighted by Crippen LogP contribution is 2.18. The van der Waals surface area contributed by atoms with Crippen molar-refractivity contribution < 1.29 is 14.0 Å². The van der Waals surface area contributed by atoms with Gasteiger partial charge in [-0.05, 0) is 30.3 Å². The Hall–Kier alpha value is -2.63. The number of hydrogen-bond donors (Lipinski definition) is 2. The van der Waals surface area contributed by atoms with Gasteiger partial charge in [-0.25, -0.2) is 8.78 Å². The van der Waals surface area contributed by atoms with Crippen molar-refractivity contribution in [3.05, 3.63) is 65.2 Å². The summed E-state index contributed by atoms with van der Waals surface area (Å²) in [7, 11) is 1.79. The van der Waals surface area contributed by atoms with Gasteiger partial charge in [-0.2, -0.15) is 0 Å². The summed E-state index contributed by atoms with van der Waals surface area (Å²) in [6.45, 7) is 0.301. The van der Waals surface area contributed by atoms with Gasteiger partial charge in [-0.1, -0.05) is 11.2 Å². The van der Waals surface area contributed by atoms with E-state index in [9.17, 15) is 8.78 Å². The molecule has 0 aliphatic carbocycles. The first-order chi connectivity index (χ1) is 10.0. The third-order valence-corrected chi connectivity index (χ3v) is 3.13. The van der Waals surface area contributed by atoms with E-state index in [1.165, 1.54) is 12.1 Å². The van der Waals surface area contributed by atoms with Crippen molar-refractivity contribution in [1.29, 1.82) is 0 Å². The molecule has 0 bridgehead atoms. The van der Waals surface area contributed by atoms with Crippen molar-refractivity contribution in [2.75, 3.05) is 11.9 Å². The molecule has 0 atom stereocenters. The number of benzene rings is 2. The molecule has 0 spiro atoms. The summed E-state index contributed by atoms with van der Waals surface area (Å²) in [6.07, 6.45) is 0. The number of nitrogens with zero attached hydrogens (tertiary/aromatic N) is 2. The molecule has 0 unspecified atom stereocenters. The third kappa shape index (κ3) is 3.47. The van der Waals surface area contributed by atoms with Crippen LogP contribution in [-0.4, -0.2) is 18.1 Å². The summed E-state index contributed by atoms with van der Waals surface area (Å²) in [6, 6.07) is 10.5. The van der Waals surface area contributed by atoms with E-state index in [4.69, 9.17) is 10.9 Å². The summed E-state index contributed by atoms with van der Waals surface area (Å²) < 4.78 is 26.5. The number of amidine groups is 1. The van der Waals surface area contributed by atoms with Crippen molar-refractivity contribution in [3.8, 4) is 0 Å². The maximum absolute atomic E-state index is 13.6. The zero-order valence-electron chi connectivity index (χ0n) is 11.4. The molecule has 2 rings (SSSR count). The van der Waals surface area contributed by atoms with Gasteiger partial charge in [0.25, 0.3) is 0 Å². The second-order valence-electron chi connectivity index (χ2n) is 4.62. The smallest absolute Gasteiger partial charge is 0.170 e. The van der Waals surface area contributed by atoms with Gasteiger partial charge in [0.15, 0.2) is 5.84 Å². The first kappa shape index (κ1) is 14.8. The van der Waals surface area contributed by atoms with Crippen molar-refractivity contribution in [3.63, 3.8) is 0 Å². The fourth-order valence-corrected chi connectivity index (χ4v) is 1.94. The normalized spacial score (nSPS) is 11.5. The third-order valence-electron chi connectivity index (χ3n) is 3.13. The van der Waals surface area contributed by atoms with Gasteiger partial charge in [0.05, 0.1) is 0 Å². The minimum Gasteiger partial charge on any atom is -0.409 e. The average Bonchev–Trinajstić information content (AvgIpc) is 2.49. The number of hydrogen-bond acceptors (Lipinski definition) is 3.